The summed E-state index contributed by atoms with van der Waals surface area (Å²) in [6.07, 6.45) is 0.118. The van der Waals surface area contributed by atoms with Gasteiger partial charge in [-0.25, -0.2) is 4.79 Å². The van der Waals surface area contributed by atoms with Gasteiger partial charge < -0.3 is 25.4 Å². The molecule has 3 atom stereocenters. The minimum absolute atomic E-state index is 0.106. The first kappa shape index (κ1) is 14.9. The number of rotatable bonds is 4. The van der Waals surface area contributed by atoms with Gasteiger partial charge in [0, 0.05) is 25.3 Å². The molecule has 2 heterocycles. The summed E-state index contributed by atoms with van der Waals surface area (Å²) in [4.78, 5) is 15.7. The van der Waals surface area contributed by atoms with Crippen LogP contribution < -0.4 is 11.4 Å². The van der Waals surface area contributed by atoms with Crippen LogP contribution in [0.1, 0.15) is 18.9 Å². The van der Waals surface area contributed by atoms with Crippen LogP contribution in [0, 0.1) is 0 Å². The van der Waals surface area contributed by atoms with Gasteiger partial charge in [0.25, 0.3) is 0 Å². The number of aromatic nitrogens is 2. The Bertz CT molecular complexity index is 546. The van der Waals surface area contributed by atoms with Crippen LogP contribution in [-0.4, -0.2) is 45.7 Å². The normalized spacial score (nSPS) is 29.8. The molecule has 2 rings (SSSR count). The Kier molecular flexibility index (Phi) is 4.09. The highest BCUT2D eigenvalue weighted by Gasteiger charge is 2.44. The van der Waals surface area contributed by atoms with Gasteiger partial charge in [0.15, 0.2) is 0 Å². The Morgan fingerprint density at radius 1 is 1.70 bits per heavy atom. The van der Waals surface area contributed by atoms with Gasteiger partial charge in [0.1, 0.15) is 17.6 Å². The number of anilines is 1. The average molecular weight is 285 g/mol. The fourth-order valence-electron chi connectivity index (χ4n) is 2.40. The molecule has 1 fully saturated rings. The first-order valence-corrected chi connectivity index (χ1v) is 6.25. The highest BCUT2D eigenvalue weighted by atomic mass is 16.6. The van der Waals surface area contributed by atoms with Crippen LogP contribution in [0.5, 0.6) is 0 Å². The van der Waals surface area contributed by atoms with Crippen LogP contribution in [0.3, 0.4) is 0 Å². The molecule has 1 aliphatic rings. The molecule has 4 N–H and O–H groups in total. The van der Waals surface area contributed by atoms with Crippen molar-refractivity contribution in [3.63, 3.8) is 0 Å². The summed E-state index contributed by atoms with van der Waals surface area (Å²) in [5, 5.41) is 19.0. The molecule has 20 heavy (non-hydrogen) atoms. The zero-order chi connectivity index (χ0) is 14.9. The lowest BCUT2D eigenvalue weighted by Crippen LogP contribution is -2.40. The molecule has 1 aliphatic heterocycles. The topological polar surface area (TPSA) is 120 Å². The molecule has 8 nitrogen and oxygen atoms in total. The summed E-state index contributed by atoms with van der Waals surface area (Å²) in [7, 11) is 1.51. The van der Waals surface area contributed by atoms with E-state index in [-0.39, 0.29) is 25.5 Å². The van der Waals surface area contributed by atoms with Crippen LogP contribution in [-0.2, 0) is 21.8 Å². The maximum atomic E-state index is 12.0. The van der Waals surface area contributed by atoms with Crippen molar-refractivity contribution in [1.29, 1.82) is 0 Å². The Morgan fingerprint density at radius 3 is 2.95 bits per heavy atom. The van der Waals surface area contributed by atoms with Gasteiger partial charge in [0.05, 0.1) is 19.3 Å². The lowest BCUT2D eigenvalue weighted by molar-refractivity contribution is -0.108. The standard InChI is InChI=1S/C12H19N3O5/c1-12(3-8(17)9(5-16)20-12)15-4-7(6-19-2)10(13)14-11(15)18/h4,8-9,16-17H,3,5-6H2,1-2H3,(H2,13,14,18)/t8-,9+,12+/m0/s1. The number of ether oxygens (including phenoxy) is 2. The van der Waals surface area contributed by atoms with Crippen molar-refractivity contribution in [3.05, 3.63) is 22.2 Å². The van der Waals surface area contributed by atoms with E-state index in [1.807, 2.05) is 0 Å². The number of hydrogen-bond acceptors (Lipinski definition) is 7. The number of nitrogens with zero attached hydrogens (tertiary/aromatic N) is 2. The van der Waals surface area contributed by atoms with E-state index < -0.39 is 23.6 Å². The molecule has 0 bridgehead atoms. The summed E-state index contributed by atoms with van der Waals surface area (Å²) in [5.74, 6) is 0.106. The third-order valence-corrected chi connectivity index (χ3v) is 3.45. The molecular weight excluding hydrogens is 266 g/mol. The second-order valence-corrected chi connectivity index (χ2v) is 5.02. The van der Waals surface area contributed by atoms with Gasteiger partial charge in [-0.15, -0.1) is 0 Å². The monoisotopic (exact) mass is 285 g/mol. The molecule has 112 valence electrons. The Balaban J connectivity index is 2.42. The number of aliphatic hydroxyl groups excluding tert-OH is 2. The number of methoxy groups -OCH3 is 1. The summed E-state index contributed by atoms with van der Waals surface area (Å²) >= 11 is 0. The predicted molar refractivity (Wildman–Crippen MR) is 69.9 cm³/mol. The van der Waals surface area contributed by atoms with E-state index in [2.05, 4.69) is 4.98 Å². The van der Waals surface area contributed by atoms with Gasteiger partial charge in [0.2, 0.25) is 0 Å². The highest BCUT2D eigenvalue weighted by Crippen LogP contribution is 2.33. The molecule has 0 aromatic carbocycles. The SMILES string of the molecule is COCc1cn([C@@]2(C)C[C@H](O)[C@@H](CO)O2)c(=O)nc1N. The largest absolute Gasteiger partial charge is 0.394 e. The third kappa shape index (κ3) is 2.55. The first-order chi connectivity index (χ1) is 9.41. The molecular formula is C12H19N3O5. The molecule has 8 heteroatoms. The second-order valence-electron chi connectivity index (χ2n) is 5.02. The summed E-state index contributed by atoms with van der Waals surface area (Å²) in [5.41, 5.74) is 4.57. The van der Waals surface area contributed by atoms with Gasteiger partial charge in [-0.05, 0) is 6.92 Å². The smallest absolute Gasteiger partial charge is 0.351 e. The van der Waals surface area contributed by atoms with Crippen molar-refractivity contribution in [3.8, 4) is 0 Å². The molecule has 0 amide bonds. The van der Waals surface area contributed by atoms with E-state index >= 15 is 0 Å². The fraction of sp³-hybridized carbons (Fsp3) is 0.667. The number of aliphatic hydroxyl groups is 2. The van der Waals surface area contributed by atoms with Crippen molar-refractivity contribution >= 4 is 5.82 Å². The zero-order valence-corrected chi connectivity index (χ0v) is 11.4. The Morgan fingerprint density at radius 2 is 2.40 bits per heavy atom. The van der Waals surface area contributed by atoms with E-state index in [0.717, 1.165) is 0 Å². The van der Waals surface area contributed by atoms with E-state index in [4.69, 9.17) is 20.3 Å². The summed E-state index contributed by atoms with van der Waals surface area (Å²) in [6.45, 7) is 1.54. The maximum Gasteiger partial charge on any atom is 0.351 e. The van der Waals surface area contributed by atoms with Crippen LogP contribution in [0.25, 0.3) is 0 Å². The van der Waals surface area contributed by atoms with E-state index in [1.165, 1.54) is 17.9 Å². The maximum absolute atomic E-state index is 12.0. The molecule has 1 aromatic rings. The molecule has 1 aromatic heterocycles. The van der Waals surface area contributed by atoms with Crippen molar-refractivity contribution < 1.29 is 19.7 Å². The highest BCUT2D eigenvalue weighted by molar-refractivity contribution is 5.36. The quantitative estimate of drug-likeness (QED) is 0.634. The molecule has 0 aliphatic carbocycles. The van der Waals surface area contributed by atoms with Gasteiger partial charge in [-0.2, -0.15) is 4.98 Å². The minimum Gasteiger partial charge on any atom is -0.394 e. The number of hydrogen-bond donors (Lipinski definition) is 3. The third-order valence-electron chi connectivity index (χ3n) is 3.45. The van der Waals surface area contributed by atoms with Gasteiger partial charge >= 0.3 is 5.69 Å². The van der Waals surface area contributed by atoms with E-state index in [1.54, 1.807) is 6.92 Å². The van der Waals surface area contributed by atoms with Gasteiger partial charge in [-0.3, -0.25) is 4.57 Å². The van der Waals surface area contributed by atoms with Crippen LogP contribution in [0.2, 0.25) is 0 Å². The Labute approximate surface area is 115 Å². The summed E-state index contributed by atoms with van der Waals surface area (Å²) in [6, 6.07) is 0. The summed E-state index contributed by atoms with van der Waals surface area (Å²) < 4.78 is 11.9. The van der Waals surface area contributed by atoms with Gasteiger partial charge in [-0.1, -0.05) is 0 Å². The van der Waals surface area contributed by atoms with Crippen LogP contribution in [0.15, 0.2) is 11.0 Å². The van der Waals surface area contributed by atoms with E-state index in [9.17, 15) is 9.90 Å². The van der Waals surface area contributed by atoms with Crippen molar-refractivity contribution in [2.75, 3.05) is 19.5 Å². The minimum atomic E-state index is -1.08. The second kappa shape index (κ2) is 5.49. The zero-order valence-electron chi connectivity index (χ0n) is 11.4. The molecule has 1 saturated heterocycles. The lowest BCUT2D eigenvalue weighted by Gasteiger charge is -2.27. The fourth-order valence-corrected chi connectivity index (χ4v) is 2.40. The number of nitrogens with two attached hydrogens (primary N) is 1. The Hall–Kier alpha value is -1.48. The predicted octanol–water partition coefficient (Wildman–Crippen LogP) is -1.21. The lowest BCUT2D eigenvalue weighted by atomic mass is 10.1. The molecule has 0 spiro atoms. The first-order valence-electron chi connectivity index (χ1n) is 6.25. The van der Waals surface area contributed by atoms with Crippen LogP contribution in [0.4, 0.5) is 5.82 Å². The van der Waals surface area contributed by atoms with Crippen LogP contribution >= 0.6 is 0 Å². The van der Waals surface area contributed by atoms with Crippen molar-refractivity contribution in [2.24, 2.45) is 0 Å². The molecule has 0 unspecified atom stereocenters. The number of nitrogen functional groups attached to an aromatic ring is 1. The molecule has 0 radical (unpaired) electrons. The van der Waals surface area contributed by atoms with Crippen molar-refractivity contribution in [2.45, 2.75) is 37.9 Å². The molecule has 0 saturated carbocycles. The average Bonchev–Trinajstić information content (AvgIpc) is 2.68. The van der Waals surface area contributed by atoms with E-state index in [0.29, 0.717) is 5.56 Å². The van der Waals surface area contributed by atoms with Crippen molar-refractivity contribution in [1.82, 2.24) is 9.55 Å².